The van der Waals surface area contributed by atoms with Crippen LogP contribution < -0.4 is 0 Å². The standard InChI is InChI=1S/C14H14N2O/c17-15-14-12(9-11-5-2-1-3-6-11)10-16-8-4-7-13(14)16/h1-8,12,17H,9-10H2/t12-/m1/s1. The lowest BCUT2D eigenvalue weighted by atomic mass is 9.95. The van der Waals surface area contributed by atoms with Crippen molar-refractivity contribution in [2.45, 2.75) is 13.0 Å². The molecule has 3 nitrogen and oxygen atoms in total. The summed E-state index contributed by atoms with van der Waals surface area (Å²) >= 11 is 0. The minimum Gasteiger partial charge on any atom is -0.411 e. The lowest BCUT2D eigenvalue weighted by molar-refractivity contribution is 0.315. The number of oxime groups is 1. The summed E-state index contributed by atoms with van der Waals surface area (Å²) < 4.78 is 2.14. The molecule has 2 aromatic rings. The molecule has 1 aromatic carbocycles. The predicted octanol–water partition coefficient (Wildman–Crippen LogP) is 2.54. The highest BCUT2D eigenvalue weighted by atomic mass is 16.4. The van der Waals surface area contributed by atoms with Crippen molar-refractivity contribution < 1.29 is 5.21 Å². The quantitative estimate of drug-likeness (QED) is 0.620. The maximum atomic E-state index is 9.15. The van der Waals surface area contributed by atoms with Gasteiger partial charge in [0.05, 0.1) is 5.69 Å². The Balaban J connectivity index is 1.85. The van der Waals surface area contributed by atoms with E-state index in [0.717, 1.165) is 24.4 Å². The average Bonchev–Trinajstić information content (AvgIpc) is 2.90. The van der Waals surface area contributed by atoms with Crippen LogP contribution in [0.3, 0.4) is 0 Å². The van der Waals surface area contributed by atoms with Crippen LogP contribution >= 0.6 is 0 Å². The molecular formula is C14H14N2O. The van der Waals surface area contributed by atoms with Crippen molar-refractivity contribution in [1.82, 2.24) is 4.57 Å². The Morgan fingerprint density at radius 3 is 2.76 bits per heavy atom. The van der Waals surface area contributed by atoms with E-state index in [2.05, 4.69) is 21.9 Å². The molecule has 0 spiro atoms. The van der Waals surface area contributed by atoms with Crippen LogP contribution in [0.1, 0.15) is 11.3 Å². The maximum absolute atomic E-state index is 9.15. The molecule has 1 N–H and O–H groups in total. The maximum Gasteiger partial charge on any atom is 0.108 e. The van der Waals surface area contributed by atoms with Gasteiger partial charge in [0.15, 0.2) is 0 Å². The molecule has 3 rings (SSSR count). The second-order valence-corrected chi connectivity index (χ2v) is 4.42. The van der Waals surface area contributed by atoms with Crippen LogP contribution in [0.2, 0.25) is 0 Å². The van der Waals surface area contributed by atoms with Gasteiger partial charge in [-0.2, -0.15) is 0 Å². The van der Waals surface area contributed by atoms with Gasteiger partial charge in [-0.1, -0.05) is 35.5 Å². The Kier molecular flexibility index (Phi) is 2.44. The molecule has 2 heterocycles. The normalized spacial score (nSPS) is 20.7. The molecule has 86 valence electrons. The molecule has 1 atom stereocenters. The van der Waals surface area contributed by atoms with E-state index in [4.69, 9.17) is 5.21 Å². The zero-order valence-corrected chi connectivity index (χ0v) is 9.45. The Morgan fingerprint density at radius 1 is 1.18 bits per heavy atom. The Labute approximate surface area is 100 Å². The van der Waals surface area contributed by atoms with E-state index in [1.54, 1.807) is 0 Å². The van der Waals surface area contributed by atoms with Crippen molar-refractivity contribution in [1.29, 1.82) is 0 Å². The number of nitrogens with zero attached hydrogens (tertiary/aromatic N) is 2. The first-order valence-corrected chi connectivity index (χ1v) is 5.80. The van der Waals surface area contributed by atoms with Gasteiger partial charge in [-0.05, 0) is 24.1 Å². The topological polar surface area (TPSA) is 37.5 Å². The highest BCUT2D eigenvalue weighted by Gasteiger charge is 2.28. The monoisotopic (exact) mass is 226 g/mol. The third-order valence-electron chi connectivity index (χ3n) is 3.33. The molecule has 0 fully saturated rings. The molecule has 3 heteroatoms. The van der Waals surface area contributed by atoms with Crippen LogP contribution in [-0.2, 0) is 13.0 Å². The van der Waals surface area contributed by atoms with Gasteiger partial charge in [0.2, 0.25) is 0 Å². The molecule has 0 saturated heterocycles. The first-order chi connectivity index (χ1) is 8.38. The van der Waals surface area contributed by atoms with Gasteiger partial charge in [0.25, 0.3) is 0 Å². The summed E-state index contributed by atoms with van der Waals surface area (Å²) in [6.07, 6.45) is 2.95. The zero-order chi connectivity index (χ0) is 11.7. The lowest BCUT2D eigenvalue weighted by Gasteiger charge is -2.09. The second-order valence-electron chi connectivity index (χ2n) is 4.42. The summed E-state index contributed by atoms with van der Waals surface area (Å²) in [5, 5.41) is 12.6. The van der Waals surface area contributed by atoms with Crippen LogP contribution in [0.4, 0.5) is 0 Å². The fourth-order valence-corrected chi connectivity index (χ4v) is 2.53. The van der Waals surface area contributed by atoms with E-state index in [-0.39, 0.29) is 5.92 Å². The van der Waals surface area contributed by atoms with Crippen LogP contribution in [0.5, 0.6) is 0 Å². The van der Waals surface area contributed by atoms with Gasteiger partial charge in [0.1, 0.15) is 5.71 Å². The molecule has 0 bridgehead atoms. The number of fused-ring (bicyclic) bond motifs is 1. The Bertz CT molecular complexity index is 542. The van der Waals surface area contributed by atoms with Gasteiger partial charge in [-0.3, -0.25) is 0 Å². The molecule has 17 heavy (non-hydrogen) atoms. The van der Waals surface area contributed by atoms with E-state index < -0.39 is 0 Å². The van der Waals surface area contributed by atoms with E-state index in [0.29, 0.717) is 0 Å². The first kappa shape index (κ1) is 10.1. The van der Waals surface area contributed by atoms with Crippen LogP contribution in [0, 0.1) is 5.92 Å². The average molecular weight is 226 g/mol. The highest BCUT2D eigenvalue weighted by molar-refractivity contribution is 6.02. The van der Waals surface area contributed by atoms with Crippen molar-refractivity contribution in [3.05, 3.63) is 59.9 Å². The minimum absolute atomic E-state index is 0.276. The molecule has 1 aromatic heterocycles. The summed E-state index contributed by atoms with van der Waals surface area (Å²) in [6.45, 7) is 0.899. The van der Waals surface area contributed by atoms with Crippen molar-refractivity contribution >= 4 is 5.71 Å². The van der Waals surface area contributed by atoms with E-state index in [9.17, 15) is 0 Å². The van der Waals surface area contributed by atoms with Crippen molar-refractivity contribution in [3.8, 4) is 0 Å². The van der Waals surface area contributed by atoms with E-state index >= 15 is 0 Å². The highest BCUT2D eigenvalue weighted by Crippen LogP contribution is 2.25. The fraction of sp³-hybridized carbons (Fsp3) is 0.214. The Morgan fingerprint density at radius 2 is 2.00 bits per heavy atom. The zero-order valence-electron chi connectivity index (χ0n) is 9.45. The van der Waals surface area contributed by atoms with Gasteiger partial charge in [-0.15, -0.1) is 0 Å². The lowest BCUT2D eigenvalue weighted by Crippen LogP contribution is -2.13. The van der Waals surface area contributed by atoms with Gasteiger partial charge in [0, 0.05) is 18.7 Å². The molecule has 0 radical (unpaired) electrons. The Hall–Kier alpha value is -2.03. The molecule has 0 aliphatic carbocycles. The third-order valence-corrected chi connectivity index (χ3v) is 3.33. The number of rotatable bonds is 2. The van der Waals surface area contributed by atoms with Crippen LogP contribution in [0.15, 0.2) is 53.8 Å². The number of hydrogen-bond acceptors (Lipinski definition) is 2. The summed E-state index contributed by atoms with van der Waals surface area (Å²) in [7, 11) is 0. The van der Waals surface area contributed by atoms with E-state index in [1.807, 2.05) is 36.5 Å². The SMILES string of the molecule is ON=C1c2cccn2C[C@H]1Cc1ccccc1. The van der Waals surface area contributed by atoms with Crippen molar-refractivity contribution in [3.63, 3.8) is 0 Å². The smallest absolute Gasteiger partial charge is 0.108 e. The largest absolute Gasteiger partial charge is 0.411 e. The van der Waals surface area contributed by atoms with Crippen LogP contribution in [-0.4, -0.2) is 15.5 Å². The number of hydrogen-bond donors (Lipinski definition) is 1. The first-order valence-electron chi connectivity index (χ1n) is 5.80. The molecule has 1 aliphatic rings. The van der Waals surface area contributed by atoms with E-state index in [1.165, 1.54) is 5.56 Å². The second kappa shape index (κ2) is 4.09. The molecule has 0 saturated carbocycles. The van der Waals surface area contributed by atoms with Gasteiger partial charge < -0.3 is 9.77 Å². The molecular weight excluding hydrogens is 212 g/mol. The predicted molar refractivity (Wildman–Crippen MR) is 66.4 cm³/mol. The third kappa shape index (κ3) is 1.73. The summed E-state index contributed by atoms with van der Waals surface area (Å²) in [4.78, 5) is 0. The number of benzene rings is 1. The van der Waals surface area contributed by atoms with Crippen LogP contribution in [0.25, 0.3) is 0 Å². The van der Waals surface area contributed by atoms with Gasteiger partial charge in [-0.25, -0.2) is 0 Å². The number of aromatic nitrogens is 1. The molecule has 0 unspecified atom stereocenters. The molecule has 0 amide bonds. The van der Waals surface area contributed by atoms with Crippen molar-refractivity contribution in [2.24, 2.45) is 11.1 Å². The summed E-state index contributed by atoms with van der Waals surface area (Å²) in [5.41, 5.74) is 3.12. The fourth-order valence-electron chi connectivity index (χ4n) is 2.53. The summed E-state index contributed by atoms with van der Waals surface area (Å²) in [6, 6.07) is 14.3. The van der Waals surface area contributed by atoms with Gasteiger partial charge >= 0.3 is 0 Å². The minimum atomic E-state index is 0.276. The summed E-state index contributed by atoms with van der Waals surface area (Å²) in [5.74, 6) is 0.276. The molecule has 1 aliphatic heterocycles. The van der Waals surface area contributed by atoms with Crippen molar-refractivity contribution in [2.75, 3.05) is 0 Å².